The number of nitro groups is 1. The maximum absolute atomic E-state index is 10.7. The van der Waals surface area contributed by atoms with E-state index >= 15 is 0 Å². The molecule has 1 aromatic rings. The molecule has 0 saturated heterocycles. The van der Waals surface area contributed by atoms with Crippen LogP contribution in [0.25, 0.3) is 0 Å². The fourth-order valence-electron chi connectivity index (χ4n) is 1.02. The third-order valence-electron chi connectivity index (χ3n) is 1.71. The number of rotatable bonds is 4. The number of pyridine rings is 1. The van der Waals surface area contributed by atoms with Crippen molar-refractivity contribution in [3.8, 4) is 5.88 Å². The molecule has 0 aromatic carbocycles. The minimum absolute atomic E-state index is 0.0954. The molecule has 0 spiro atoms. The average molecular weight is 226 g/mol. The van der Waals surface area contributed by atoms with Crippen molar-refractivity contribution < 1.29 is 14.9 Å². The molecule has 3 N–H and O–H groups in total. The van der Waals surface area contributed by atoms with Crippen LogP contribution >= 0.6 is 0 Å². The van der Waals surface area contributed by atoms with Crippen LogP contribution in [0.3, 0.4) is 0 Å². The molecule has 0 saturated carbocycles. The standard InChI is InChI=1S/C8H10N4O4/c1-2-16-8-6(12(14)15)3-5(4-10-8)7(9)11-13/h3-4,13H,2H2,1H3,(H2,9,11). The number of ether oxygens (including phenoxy) is 1. The highest BCUT2D eigenvalue weighted by atomic mass is 16.6. The van der Waals surface area contributed by atoms with Gasteiger partial charge in [-0.15, -0.1) is 0 Å². The van der Waals surface area contributed by atoms with Crippen molar-refractivity contribution in [3.05, 3.63) is 27.9 Å². The van der Waals surface area contributed by atoms with E-state index in [0.29, 0.717) is 0 Å². The van der Waals surface area contributed by atoms with Gasteiger partial charge in [-0.1, -0.05) is 5.16 Å². The summed E-state index contributed by atoms with van der Waals surface area (Å²) in [5, 5.41) is 21.9. The van der Waals surface area contributed by atoms with Gasteiger partial charge in [0, 0.05) is 17.8 Å². The van der Waals surface area contributed by atoms with Gasteiger partial charge in [-0.05, 0) is 6.92 Å². The Balaban J connectivity index is 3.22. The summed E-state index contributed by atoms with van der Waals surface area (Å²) in [6, 6.07) is 1.13. The van der Waals surface area contributed by atoms with Gasteiger partial charge in [0.15, 0.2) is 5.84 Å². The van der Waals surface area contributed by atoms with Gasteiger partial charge in [0.05, 0.1) is 11.5 Å². The van der Waals surface area contributed by atoms with Crippen molar-refractivity contribution >= 4 is 11.5 Å². The van der Waals surface area contributed by atoms with Gasteiger partial charge < -0.3 is 15.7 Å². The summed E-state index contributed by atoms with van der Waals surface area (Å²) in [4.78, 5) is 13.8. The van der Waals surface area contributed by atoms with Crippen LogP contribution in [0.2, 0.25) is 0 Å². The molecule has 1 aromatic heterocycles. The molecule has 0 radical (unpaired) electrons. The number of amidine groups is 1. The van der Waals surface area contributed by atoms with Crippen LogP contribution in [0.1, 0.15) is 12.5 Å². The molecule has 0 aliphatic rings. The average Bonchev–Trinajstić information content (AvgIpc) is 2.28. The van der Waals surface area contributed by atoms with E-state index in [-0.39, 0.29) is 29.6 Å². The van der Waals surface area contributed by atoms with E-state index in [1.165, 1.54) is 6.20 Å². The summed E-state index contributed by atoms with van der Waals surface area (Å²) in [6.07, 6.45) is 1.23. The minimum atomic E-state index is -0.647. The smallest absolute Gasteiger partial charge is 0.331 e. The summed E-state index contributed by atoms with van der Waals surface area (Å²) in [5.74, 6) is -0.347. The minimum Gasteiger partial charge on any atom is -0.473 e. The molecule has 8 heteroatoms. The lowest BCUT2D eigenvalue weighted by Gasteiger charge is -2.04. The van der Waals surface area contributed by atoms with Crippen LogP contribution in [0.15, 0.2) is 17.4 Å². The maximum Gasteiger partial charge on any atom is 0.331 e. The first-order valence-electron chi connectivity index (χ1n) is 4.35. The maximum atomic E-state index is 10.7. The third kappa shape index (κ3) is 2.35. The first-order valence-corrected chi connectivity index (χ1v) is 4.35. The number of nitrogens with zero attached hydrogens (tertiary/aromatic N) is 3. The number of hydrogen-bond acceptors (Lipinski definition) is 6. The van der Waals surface area contributed by atoms with E-state index in [0.717, 1.165) is 6.07 Å². The summed E-state index contributed by atoms with van der Waals surface area (Å²) < 4.78 is 4.97. The Hall–Kier alpha value is -2.38. The Morgan fingerprint density at radius 1 is 1.81 bits per heavy atom. The summed E-state index contributed by atoms with van der Waals surface area (Å²) in [6.45, 7) is 1.94. The molecule has 1 rings (SSSR count). The molecule has 0 amide bonds. The van der Waals surface area contributed by atoms with E-state index in [9.17, 15) is 10.1 Å². The van der Waals surface area contributed by atoms with Crippen molar-refractivity contribution in [1.82, 2.24) is 4.98 Å². The van der Waals surface area contributed by atoms with Crippen LogP contribution < -0.4 is 10.5 Å². The van der Waals surface area contributed by atoms with Gasteiger partial charge in [0.2, 0.25) is 0 Å². The SMILES string of the molecule is CCOc1ncc(C(N)=NO)cc1[N+](=O)[O-]. The zero-order valence-electron chi connectivity index (χ0n) is 8.45. The number of hydrogen-bond donors (Lipinski definition) is 2. The monoisotopic (exact) mass is 226 g/mol. The van der Waals surface area contributed by atoms with Crippen LogP contribution in [-0.4, -0.2) is 27.6 Å². The molecule has 16 heavy (non-hydrogen) atoms. The van der Waals surface area contributed by atoms with E-state index in [1.54, 1.807) is 6.92 Å². The van der Waals surface area contributed by atoms with Gasteiger partial charge in [-0.25, -0.2) is 4.98 Å². The molecule has 86 valence electrons. The quantitative estimate of drug-likeness (QED) is 0.253. The lowest BCUT2D eigenvalue weighted by molar-refractivity contribution is -0.386. The molecule has 0 unspecified atom stereocenters. The Morgan fingerprint density at radius 3 is 3.00 bits per heavy atom. The van der Waals surface area contributed by atoms with E-state index in [1.807, 2.05) is 0 Å². The van der Waals surface area contributed by atoms with Gasteiger partial charge in [0.25, 0.3) is 5.88 Å². The molecule has 8 nitrogen and oxygen atoms in total. The molecule has 0 bridgehead atoms. The second kappa shape index (κ2) is 4.91. The second-order valence-corrected chi connectivity index (χ2v) is 2.72. The predicted octanol–water partition coefficient (Wildman–Crippen LogP) is 0.483. The van der Waals surface area contributed by atoms with Crippen molar-refractivity contribution in [2.45, 2.75) is 6.92 Å². The first kappa shape index (κ1) is 11.7. The lowest BCUT2D eigenvalue weighted by Crippen LogP contribution is -2.14. The number of oxime groups is 1. The molecular weight excluding hydrogens is 216 g/mol. The van der Waals surface area contributed by atoms with Crippen molar-refractivity contribution in [2.24, 2.45) is 10.9 Å². The normalized spacial score (nSPS) is 11.2. The molecule has 0 atom stereocenters. The molecule has 1 heterocycles. The van der Waals surface area contributed by atoms with Crippen molar-refractivity contribution in [3.63, 3.8) is 0 Å². The largest absolute Gasteiger partial charge is 0.473 e. The second-order valence-electron chi connectivity index (χ2n) is 2.72. The van der Waals surface area contributed by atoms with Crippen LogP contribution in [-0.2, 0) is 0 Å². The van der Waals surface area contributed by atoms with Crippen molar-refractivity contribution in [1.29, 1.82) is 0 Å². The molecular formula is C8H10N4O4. The Bertz CT molecular complexity index is 432. The third-order valence-corrected chi connectivity index (χ3v) is 1.71. The van der Waals surface area contributed by atoms with Gasteiger partial charge in [-0.3, -0.25) is 10.1 Å². The highest BCUT2D eigenvalue weighted by molar-refractivity contribution is 5.97. The van der Waals surface area contributed by atoms with Crippen molar-refractivity contribution in [2.75, 3.05) is 6.61 Å². The first-order chi connectivity index (χ1) is 7.60. The topological polar surface area (TPSA) is 124 Å². The molecule has 0 aliphatic heterocycles. The Labute approximate surface area is 90.5 Å². The fraction of sp³-hybridized carbons (Fsp3) is 0.250. The predicted molar refractivity (Wildman–Crippen MR) is 54.6 cm³/mol. The summed E-state index contributed by atoms with van der Waals surface area (Å²) >= 11 is 0. The highest BCUT2D eigenvalue weighted by Gasteiger charge is 2.18. The van der Waals surface area contributed by atoms with Crippen LogP contribution in [0.5, 0.6) is 5.88 Å². The zero-order valence-corrected chi connectivity index (χ0v) is 8.45. The summed E-state index contributed by atoms with van der Waals surface area (Å²) in [7, 11) is 0. The van der Waals surface area contributed by atoms with E-state index in [2.05, 4.69) is 10.1 Å². The lowest BCUT2D eigenvalue weighted by atomic mass is 10.2. The number of nitrogens with two attached hydrogens (primary N) is 1. The summed E-state index contributed by atoms with van der Waals surface area (Å²) in [5.41, 5.74) is 5.11. The Morgan fingerprint density at radius 2 is 2.50 bits per heavy atom. The van der Waals surface area contributed by atoms with Crippen LogP contribution in [0.4, 0.5) is 5.69 Å². The number of aromatic nitrogens is 1. The highest BCUT2D eigenvalue weighted by Crippen LogP contribution is 2.24. The van der Waals surface area contributed by atoms with Gasteiger partial charge in [0.1, 0.15) is 0 Å². The van der Waals surface area contributed by atoms with Crippen LogP contribution in [0, 0.1) is 10.1 Å². The van der Waals surface area contributed by atoms with Gasteiger partial charge >= 0.3 is 5.69 Å². The molecule has 0 aliphatic carbocycles. The molecule has 0 fully saturated rings. The van der Waals surface area contributed by atoms with E-state index < -0.39 is 4.92 Å². The zero-order chi connectivity index (χ0) is 12.1. The van der Waals surface area contributed by atoms with Gasteiger partial charge in [-0.2, -0.15) is 0 Å². The fourth-order valence-corrected chi connectivity index (χ4v) is 1.02. The Kier molecular flexibility index (Phi) is 3.59. The van der Waals surface area contributed by atoms with E-state index in [4.69, 9.17) is 15.7 Å².